The van der Waals surface area contributed by atoms with Crippen molar-refractivity contribution < 1.29 is 4.79 Å². The van der Waals surface area contributed by atoms with E-state index in [1.165, 1.54) is 0 Å². The second kappa shape index (κ2) is 6.22. The van der Waals surface area contributed by atoms with Crippen LogP contribution in [0.2, 0.25) is 0 Å². The third kappa shape index (κ3) is 3.39. The van der Waals surface area contributed by atoms with Crippen LogP contribution < -0.4 is 11.1 Å². The van der Waals surface area contributed by atoms with Crippen molar-refractivity contribution >= 4 is 16.8 Å². The van der Waals surface area contributed by atoms with Gasteiger partial charge in [0.2, 0.25) is 0 Å². The highest BCUT2D eigenvalue weighted by molar-refractivity contribution is 5.94. The highest BCUT2D eigenvalue weighted by Crippen LogP contribution is 2.22. The number of nitrogens with one attached hydrogen (secondary N) is 1. The van der Waals surface area contributed by atoms with Crippen LogP contribution >= 0.6 is 0 Å². The first-order valence-corrected chi connectivity index (χ1v) is 7.62. The molecule has 0 radical (unpaired) electrons. The summed E-state index contributed by atoms with van der Waals surface area (Å²) < 4.78 is 0. The maximum Gasteiger partial charge on any atom is 0.269 e. The van der Waals surface area contributed by atoms with E-state index in [2.05, 4.69) is 10.3 Å². The number of nitrogens with zero attached hydrogens (tertiary/aromatic N) is 1. The Labute approximate surface area is 124 Å². The molecule has 0 atom stereocenters. The number of para-hydroxylation sites is 1. The van der Waals surface area contributed by atoms with Crippen LogP contribution in [0.3, 0.4) is 0 Å². The molecule has 1 aromatic heterocycles. The van der Waals surface area contributed by atoms with Crippen molar-refractivity contribution in [2.45, 2.75) is 31.7 Å². The maximum atomic E-state index is 12.2. The SMILES string of the molecule is NC1CCC(CNC(=O)c2ccc3ccccc3n2)CC1. The van der Waals surface area contributed by atoms with Crippen molar-refractivity contribution in [1.82, 2.24) is 10.3 Å². The number of carbonyl (C=O) groups is 1. The molecule has 4 heteroatoms. The molecular formula is C17H21N3O. The number of hydrogen-bond acceptors (Lipinski definition) is 3. The van der Waals surface area contributed by atoms with Gasteiger partial charge in [-0.05, 0) is 43.7 Å². The first-order valence-electron chi connectivity index (χ1n) is 7.62. The monoisotopic (exact) mass is 283 g/mol. The van der Waals surface area contributed by atoms with Gasteiger partial charge in [-0.25, -0.2) is 4.98 Å². The van der Waals surface area contributed by atoms with E-state index in [-0.39, 0.29) is 5.91 Å². The average molecular weight is 283 g/mol. The number of aromatic nitrogens is 1. The molecule has 4 nitrogen and oxygen atoms in total. The zero-order chi connectivity index (χ0) is 14.7. The van der Waals surface area contributed by atoms with Gasteiger partial charge in [-0.15, -0.1) is 0 Å². The Bertz CT molecular complexity index is 633. The number of fused-ring (bicyclic) bond motifs is 1. The molecule has 0 unspecified atom stereocenters. The zero-order valence-corrected chi connectivity index (χ0v) is 12.1. The highest BCUT2D eigenvalue weighted by Gasteiger charge is 2.19. The van der Waals surface area contributed by atoms with Gasteiger partial charge in [-0.3, -0.25) is 4.79 Å². The lowest BCUT2D eigenvalue weighted by atomic mass is 9.86. The van der Waals surface area contributed by atoms with Crippen LogP contribution in [0, 0.1) is 5.92 Å². The predicted octanol–water partition coefficient (Wildman–Crippen LogP) is 2.48. The molecule has 1 fully saturated rings. The molecule has 0 aliphatic heterocycles. The second-order valence-corrected chi connectivity index (χ2v) is 5.88. The Kier molecular flexibility index (Phi) is 4.15. The number of benzene rings is 1. The molecular weight excluding hydrogens is 262 g/mol. The molecule has 1 saturated carbocycles. The lowest BCUT2D eigenvalue weighted by Gasteiger charge is -2.26. The normalized spacial score (nSPS) is 22.1. The molecule has 1 amide bonds. The second-order valence-electron chi connectivity index (χ2n) is 5.88. The molecule has 1 aliphatic carbocycles. The fourth-order valence-corrected chi connectivity index (χ4v) is 2.91. The van der Waals surface area contributed by atoms with E-state index in [1.807, 2.05) is 30.3 Å². The Morgan fingerprint density at radius 1 is 1.14 bits per heavy atom. The Balaban J connectivity index is 1.61. The van der Waals surface area contributed by atoms with Gasteiger partial charge >= 0.3 is 0 Å². The minimum absolute atomic E-state index is 0.0874. The Morgan fingerprint density at radius 2 is 1.90 bits per heavy atom. The number of carbonyl (C=O) groups excluding carboxylic acids is 1. The predicted molar refractivity (Wildman–Crippen MR) is 84.0 cm³/mol. The molecule has 3 N–H and O–H groups in total. The first kappa shape index (κ1) is 14.0. The molecule has 110 valence electrons. The average Bonchev–Trinajstić information content (AvgIpc) is 2.53. The van der Waals surface area contributed by atoms with Gasteiger partial charge in [0.05, 0.1) is 5.52 Å². The fourth-order valence-electron chi connectivity index (χ4n) is 2.91. The standard InChI is InChI=1S/C17H21N3O/c18-14-8-5-12(6-9-14)11-19-17(21)16-10-7-13-3-1-2-4-15(13)20-16/h1-4,7,10,12,14H,5-6,8-9,11,18H2,(H,19,21). The molecule has 21 heavy (non-hydrogen) atoms. The number of pyridine rings is 1. The molecule has 1 aromatic carbocycles. The van der Waals surface area contributed by atoms with Gasteiger partial charge in [0.15, 0.2) is 0 Å². The number of nitrogens with two attached hydrogens (primary N) is 1. The van der Waals surface area contributed by atoms with Gasteiger partial charge < -0.3 is 11.1 Å². The topological polar surface area (TPSA) is 68.0 Å². The summed E-state index contributed by atoms with van der Waals surface area (Å²) in [5, 5.41) is 4.06. The summed E-state index contributed by atoms with van der Waals surface area (Å²) >= 11 is 0. The largest absolute Gasteiger partial charge is 0.350 e. The van der Waals surface area contributed by atoms with Crippen LogP contribution in [0.25, 0.3) is 10.9 Å². The Morgan fingerprint density at radius 3 is 2.71 bits per heavy atom. The van der Waals surface area contributed by atoms with Crippen LogP contribution in [0.15, 0.2) is 36.4 Å². The summed E-state index contributed by atoms with van der Waals surface area (Å²) in [5.41, 5.74) is 7.24. The minimum atomic E-state index is -0.0874. The lowest BCUT2D eigenvalue weighted by Crippen LogP contribution is -2.34. The zero-order valence-electron chi connectivity index (χ0n) is 12.1. The van der Waals surface area contributed by atoms with Crippen LogP contribution in [-0.2, 0) is 0 Å². The summed E-state index contributed by atoms with van der Waals surface area (Å²) in [5.74, 6) is 0.463. The van der Waals surface area contributed by atoms with E-state index in [0.717, 1.165) is 43.1 Å². The van der Waals surface area contributed by atoms with Crippen LogP contribution in [0.4, 0.5) is 0 Å². The van der Waals surface area contributed by atoms with Gasteiger partial charge in [0.1, 0.15) is 5.69 Å². The molecule has 0 bridgehead atoms. The summed E-state index contributed by atoms with van der Waals surface area (Å²) in [4.78, 5) is 16.6. The van der Waals surface area contributed by atoms with E-state index >= 15 is 0 Å². The lowest BCUT2D eigenvalue weighted by molar-refractivity contribution is 0.0938. The first-order chi connectivity index (χ1) is 10.2. The van der Waals surface area contributed by atoms with Crippen molar-refractivity contribution in [1.29, 1.82) is 0 Å². The number of rotatable bonds is 3. The fraction of sp³-hybridized carbons (Fsp3) is 0.412. The van der Waals surface area contributed by atoms with Crippen LogP contribution in [0.1, 0.15) is 36.2 Å². The summed E-state index contributed by atoms with van der Waals surface area (Å²) in [6.07, 6.45) is 4.34. The molecule has 1 aliphatic rings. The third-order valence-corrected chi connectivity index (χ3v) is 4.27. The van der Waals surface area contributed by atoms with E-state index in [9.17, 15) is 4.79 Å². The van der Waals surface area contributed by atoms with Crippen molar-refractivity contribution in [2.24, 2.45) is 11.7 Å². The van der Waals surface area contributed by atoms with Crippen LogP contribution in [0.5, 0.6) is 0 Å². The van der Waals surface area contributed by atoms with Crippen molar-refractivity contribution in [3.8, 4) is 0 Å². The van der Waals surface area contributed by atoms with E-state index < -0.39 is 0 Å². The summed E-state index contributed by atoms with van der Waals surface area (Å²) in [6.45, 7) is 0.722. The maximum absolute atomic E-state index is 12.2. The third-order valence-electron chi connectivity index (χ3n) is 4.27. The van der Waals surface area contributed by atoms with Crippen molar-refractivity contribution in [3.63, 3.8) is 0 Å². The van der Waals surface area contributed by atoms with Crippen molar-refractivity contribution in [3.05, 3.63) is 42.1 Å². The quantitative estimate of drug-likeness (QED) is 0.909. The van der Waals surface area contributed by atoms with E-state index in [0.29, 0.717) is 17.7 Å². The molecule has 3 rings (SSSR count). The highest BCUT2D eigenvalue weighted by atomic mass is 16.1. The minimum Gasteiger partial charge on any atom is -0.350 e. The van der Waals surface area contributed by atoms with Crippen LogP contribution in [-0.4, -0.2) is 23.5 Å². The van der Waals surface area contributed by atoms with Gasteiger partial charge in [-0.1, -0.05) is 24.3 Å². The number of amides is 1. The smallest absolute Gasteiger partial charge is 0.269 e. The number of hydrogen-bond donors (Lipinski definition) is 2. The molecule has 1 heterocycles. The van der Waals surface area contributed by atoms with Gasteiger partial charge in [0, 0.05) is 18.0 Å². The summed E-state index contributed by atoms with van der Waals surface area (Å²) in [6, 6.07) is 11.9. The molecule has 0 spiro atoms. The Hall–Kier alpha value is -1.94. The van der Waals surface area contributed by atoms with Crippen molar-refractivity contribution in [2.75, 3.05) is 6.54 Å². The van der Waals surface area contributed by atoms with E-state index in [1.54, 1.807) is 6.07 Å². The van der Waals surface area contributed by atoms with Gasteiger partial charge in [0.25, 0.3) is 5.91 Å². The molecule has 0 saturated heterocycles. The summed E-state index contributed by atoms with van der Waals surface area (Å²) in [7, 11) is 0. The van der Waals surface area contributed by atoms with Gasteiger partial charge in [-0.2, -0.15) is 0 Å². The molecule has 2 aromatic rings. The van der Waals surface area contributed by atoms with E-state index in [4.69, 9.17) is 5.73 Å².